The molecule has 0 rings (SSSR count). The normalized spacial score (nSPS) is 15.4. The molecule has 0 aromatic rings. The summed E-state index contributed by atoms with van der Waals surface area (Å²) in [6.07, 6.45) is 5.01. The molecule has 2 atom stereocenters. The summed E-state index contributed by atoms with van der Waals surface area (Å²) in [7, 11) is 0. The molecule has 0 aromatic heterocycles. The number of hydrogen-bond acceptors (Lipinski definition) is 2. The molecule has 0 amide bonds. The van der Waals surface area contributed by atoms with Crippen molar-refractivity contribution in [2.75, 3.05) is 13.2 Å². The molecule has 0 aliphatic heterocycles. The lowest BCUT2D eigenvalue weighted by molar-refractivity contribution is 0.0705. The van der Waals surface area contributed by atoms with Crippen molar-refractivity contribution in [3.05, 3.63) is 0 Å². The highest BCUT2D eigenvalue weighted by atomic mass is 16.5. The second-order valence-electron chi connectivity index (χ2n) is 4.18. The molecule has 0 spiro atoms. The van der Waals surface area contributed by atoms with E-state index in [9.17, 15) is 5.11 Å². The lowest BCUT2D eigenvalue weighted by Gasteiger charge is -2.15. The Labute approximate surface area is 88.7 Å². The monoisotopic (exact) mass is 202 g/mol. The molecular formula is C12H26O2. The van der Waals surface area contributed by atoms with Crippen LogP contribution >= 0.6 is 0 Å². The number of hydrogen-bond donors (Lipinski definition) is 1. The molecule has 0 fully saturated rings. The van der Waals surface area contributed by atoms with Crippen LogP contribution in [0.2, 0.25) is 0 Å². The first-order valence-corrected chi connectivity index (χ1v) is 5.96. The summed E-state index contributed by atoms with van der Waals surface area (Å²) in [6, 6.07) is 0. The Morgan fingerprint density at radius 2 is 1.79 bits per heavy atom. The molecule has 0 aliphatic carbocycles. The predicted molar refractivity (Wildman–Crippen MR) is 60.4 cm³/mol. The van der Waals surface area contributed by atoms with Gasteiger partial charge >= 0.3 is 0 Å². The summed E-state index contributed by atoms with van der Waals surface area (Å²) >= 11 is 0. The van der Waals surface area contributed by atoms with E-state index in [2.05, 4.69) is 20.8 Å². The van der Waals surface area contributed by atoms with Gasteiger partial charge in [-0.05, 0) is 25.2 Å². The Morgan fingerprint density at radius 1 is 1.07 bits per heavy atom. The van der Waals surface area contributed by atoms with E-state index in [1.165, 1.54) is 12.8 Å². The Kier molecular flexibility index (Phi) is 9.42. The number of rotatable bonds is 9. The zero-order valence-corrected chi connectivity index (χ0v) is 9.96. The molecule has 0 radical (unpaired) electrons. The highest BCUT2D eigenvalue weighted by molar-refractivity contribution is 4.61. The van der Waals surface area contributed by atoms with Crippen molar-refractivity contribution in [2.45, 2.75) is 59.0 Å². The SMILES string of the molecule is CCCOCCC(O)CC(C)CCC. The average molecular weight is 202 g/mol. The highest BCUT2D eigenvalue weighted by Gasteiger charge is 2.09. The van der Waals surface area contributed by atoms with Crippen LogP contribution in [0, 0.1) is 5.92 Å². The lowest BCUT2D eigenvalue weighted by atomic mass is 9.97. The number of aliphatic hydroxyl groups is 1. The van der Waals surface area contributed by atoms with E-state index in [4.69, 9.17) is 4.74 Å². The highest BCUT2D eigenvalue weighted by Crippen LogP contribution is 2.14. The van der Waals surface area contributed by atoms with Crippen molar-refractivity contribution in [1.29, 1.82) is 0 Å². The molecule has 2 heteroatoms. The first-order chi connectivity index (χ1) is 6.70. The molecule has 0 heterocycles. The van der Waals surface area contributed by atoms with Gasteiger partial charge in [-0.25, -0.2) is 0 Å². The van der Waals surface area contributed by atoms with Crippen LogP contribution in [0.15, 0.2) is 0 Å². The van der Waals surface area contributed by atoms with Gasteiger partial charge < -0.3 is 9.84 Å². The van der Waals surface area contributed by atoms with Crippen LogP contribution in [-0.4, -0.2) is 24.4 Å². The summed E-state index contributed by atoms with van der Waals surface area (Å²) in [4.78, 5) is 0. The summed E-state index contributed by atoms with van der Waals surface area (Å²) in [5.41, 5.74) is 0. The molecule has 1 N–H and O–H groups in total. The van der Waals surface area contributed by atoms with Gasteiger partial charge in [-0.1, -0.05) is 33.6 Å². The van der Waals surface area contributed by atoms with Crippen molar-refractivity contribution in [3.8, 4) is 0 Å². The van der Waals surface area contributed by atoms with Crippen LogP contribution in [0.3, 0.4) is 0 Å². The third-order valence-corrected chi connectivity index (χ3v) is 2.40. The minimum Gasteiger partial charge on any atom is -0.393 e. The van der Waals surface area contributed by atoms with Crippen LogP contribution < -0.4 is 0 Å². The van der Waals surface area contributed by atoms with Crippen LogP contribution in [0.5, 0.6) is 0 Å². The first-order valence-electron chi connectivity index (χ1n) is 5.96. The molecule has 0 aliphatic rings. The van der Waals surface area contributed by atoms with Crippen molar-refractivity contribution >= 4 is 0 Å². The smallest absolute Gasteiger partial charge is 0.0564 e. The van der Waals surface area contributed by atoms with Gasteiger partial charge in [0, 0.05) is 13.2 Å². The Balaban J connectivity index is 3.30. The van der Waals surface area contributed by atoms with Crippen molar-refractivity contribution < 1.29 is 9.84 Å². The molecule has 0 saturated carbocycles. The summed E-state index contributed by atoms with van der Waals surface area (Å²) in [5.74, 6) is 0.640. The van der Waals surface area contributed by atoms with E-state index in [0.717, 1.165) is 25.9 Å². The second kappa shape index (κ2) is 9.47. The van der Waals surface area contributed by atoms with Gasteiger partial charge in [-0.2, -0.15) is 0 Å². The van der Waals surface area contributed by atoms with E-state index < -0.39 is 0 Å². The summed E-state index contributed by atoms with van der Waals surface area (Å²) in [6.45, 7) is 8.01. The maximum atomic E-state index is 9.67. The summed E-state index contributed by atoms with van der Waals surface area (Å²) in [5, 5.41) is 9.67. The minimum absolute atomic E-state index is 0.173. The van der Waals surface area contributed by atoms with E-state index in [0.29, 0.717) is 12.5 Å². The van der Waals surface area contributed by atoms with E-state index in [1.54, 1.807) is 0 Å². The fraction of sp³-hybridized carbons (Fsp3) is 1.00. The average Bonchev–Trinajstić information content (AvgIpc) is 2.13. The molecule has 2 nitrogen and oxygen atoms in total. The third kappa shape index (κ3) is 8.52. The fourth-order valence-electron chi connectivity index (χ4n) is 1.66. The molecule has 14 heavy (non-hydrogen) atoms. The van der Waals surface area contributed by atoms with Crippen LogP contribution in [0.25, 0.3) is 0 Å². The minimum atomic E-state index is -0.173. The zero-order chi connectivity index (χ0) is 10.8. The van der Waals surface area contributed by atoms with Crippen molar-refractivity contribution in [1.82, 2.24) is 0 Å². The van der Waals surface area contributed by atoms with Gasteiger partial charge in [0.05, 0.1) is 6.10 Å². The van der Waals surface area contributed by atoms with Crippen LogP contribution in [0.1, 0.15) is 52.9 Å². The Bertz CT molecular complexity index is 115. The number of ether oxygens (including phenoxy) is 1. The number of aliphatic hydroxyl groups excluding tert-OH is 1. The Morgan fingerprint density at radius 3 is 2.36 bits per heavy atom. The standard InChI is InChI=1S/C12H26O2/c1-4-6-11(3)10-12(13)7-9-14-8-5-2/h11-13H,4-10H2,1-3H3. The first kappa shape index (κ1) is 13.9. The quantitative estimate of drug-likeness (QED) is 0.582. The molecule has 86 valence electrons. The molecule has 0 bridgehead atoms. The van der Waals surface area contributed by atoms with E-state index in [-0.39, 0.29) is 6.10 Å². The Hall–Kier alpha value is -0.0800. The molecule has 2 unspecified atom stereocenters. The van der Waals surface area contributed by atoms with Gasteiger partial charge in [0.25, 0.3) is 0 Å². The second-order valence-corrected chi connectivity index (χ2v) is 4.18. The van der Waals surface area contributed by atoms with Gasteiger partial charge in [0.2, 0.25) is 0 Å². The third-order valence-electron chi connectivity index (χ3n) is 2.40. The van der Waals surface area contributed by atoms with Gasteiger partial charge in [-0.15, -0.1) is 0 Å². The lowest BCUT2D eigenvalue weighted by Crippen LogP contribution is -2.14. The fourth-order valence-corrected chi connectivity index (χ4v) is 1.66. The van der Waals surface area contributed by atoms with Gasteiger partial charge in [-0.3, -0.25) is 0 Å². The molecular weight excluding hydrogens is 176 g/mol. The van der Waals surface area contributed by atoms with E-state index >= 15 is 0 Å². The van der Waals surface area contributed by atoms with Crippen molar-refractivity contribution in [3.63, 3.8) is 0 Å². The van der Waals surface area contributed by atoms with Crippen LogP contribution in [-0.2, 0) is 4.74 Å². The zero-order valence-electron chi connectivity index (χ0n) is 9.96. The maximum absolute atomic E-state index is 9.67. The van der Waals surface area contributed by atoms with Crippen molar-refractivity contribution in [2.24, 2.45) is 5.92 Å². The predicted octanol–water partition coefficient (Wildman–Crippen LogP) is 2.99. The summed E-state index contributed by atoms with van der Waals surface area (Å²) < 4.78 is 5.33. The maximum Gasteiger partial charge on any atom is 0.0564 e. The topological polar surface area (TPSA) is 29.5 Å². The van der Waals surface area contributed by atoms with Gasteiger partial charge in [0.1, 0.15) is 0 Å². The van der Waals surface area contributed by atoms with Gasteiger partial charge in [0.15, 0.2) is 0 Å². The largest absolute Gasteiger partial charge is 0.393 e. The van der Waals surface area contributed by atoms with Crippen LogP contribution in [0.4, 0.5) is 0 Å². The van der Waals surface area contributed by atoms with E-state index in [1.807, 2.05) is 0 Å². The molecule has 0 aromatic carbocycles. The molecule has 0 saturated heterocycles.